The quantitative estimate of drug-likeness (QED) is 0.665. The molecule has 1 fully saturated rings. The molecule has 3 atom stereocenters. The molecule has 0 bridgehead atoms. The Bertz CT molecular complexity index is 825. The van der Waals surface area contributed by atoms with Gasteiger partial charge in [-0.3, -0.25) is 4.90 Å². The number of esters is 1. The lowest BCUT2D eigenvalue weighted by molar-refractivity contribution is -0.136. The second-order valence-electron chi connectivity index (χ2n) is 7.70. The molecule has 1 aromatic rings. The van der Waals surface area contributed by atoms with Gasteiger partial charge < -0.3 is 10.1 Å². The summed E-state index contributed by atoms with van der Waals surface area (Å²) < 4.78 is 5.16. The Labute approximate surface area is 148 Å². The first-order valence-electron chi connectivity index (χ1n) is 9.31. The molecule has 0 radical (unpaired) electrons. The highest BCUT2D eigenvalue weighted by Gasteiger charge is 2.61. The van der Waals surface area contributed by atoms with Crippen molar-refractivity contribution in [3.8, 4) is 0 Å². The fourth-order valence-corrected chi connectivity index (χ4v) is 5.76. The number of benzene rings is 1. The summed E-state index contributed by atoms with van der Waals surface area (Å²) in [6.07, 6.45) is 5.38. The van der Waals surface area contributed by atoms with Gasteiger partial charge in [0.1, 0.15) is 0 Å². The normalized spacial score (nSPS) is 32.5. The summed E-state index contributed by atoms with van der Waals surface area (Å²) >= 11 is 0. The lowest BCUT2D eigenvalue weighted by Crippen LogP contribution is -2.53. The molecule has 4 nitrogen and oxygen atoms in total. The fourth-order valence-electron chi connectivity index (χ4n) is 5.76. The van der Waals surface area contributed by atoms with Gasteiger partial charge in [-0.05, 0) is 36.8 Å². The highest BCUT2D eigenvalue weighted by atomic mass is 16.5. The van der Waals surface area contributed by atoms with Crippen LogP contribution in [0.15, 0.2) is 47.2 Å². The predicted molar refractivity (Wildman–Crippen MR) is 97.2 cm³/mol. The van der Waals surface area contributed by atoms with Crippen LogP contribution in [0.5, 0.6) is 0 Å². The number of anilines is 1. The van der Waals surface area contributed by atoms with E-state index >= 15 is 0 Å². The van der Waals surface area contributed by atoms with Crippen molar-refractivity contribution in [2.24, 2.45) is 5.92 Å². The standard InChI is InChI=1S/C21H24N2O2/c1-3-13-10-14-11-15(20(24)25-2)18-21(8-9-23(12-13)19(14)21)16-6-4-5-7-17(16)22-18/h4-7,10,14,19,22H,3,8-9,11-12H2,1-2H3. The molecule has 1 spiro atoms. The lowest BCUT2D eigenvalue weighted by atomic mass is 9.62. The largest absolute Gasteiger partial charge is 0.466 e. The first-order valence-corrected chi connectivity index (χ1v) is 9.31. The number of ether oxygens (including phenoxy) is 1. The van der Waals surface area contributed by atoms with Crippen LogP contribution in [0.4, 0.5) is 5.69 Å². The van der Waals surface area contributed by atoms with E-state index < -0.39 is 0 Å². The number of rotatable bonds is 2. The number of nitrogens with zero attached hydrogens (tertiary/aromatic N) is 1. The zero-order valence-corrected chi connectivity index (χ0v) is 14.8. The number of carbonyl (C=O) groups is 1. The topological polar surface area (TPSA) is 41.6 Å². The third kappa shape index (κ3) is 1.83. The number of fused-ring (bicyclic) bond motifs is 1. The number of nitrogens with one attached hydrogen (secondary N) is 1. The Hall–Kier alpha value is -2.07. The third-order valence-corrected chi connectivity index (χ3v) is 6.69. The Morgan fingerprint density at radius 1 is 1.40 bits per heavy atom. The SMILES string of the molecule is CCC1=CC2CC(C(=O)OC)=C3Nc4ccccc4C34CCN(C1)C24. The number of hydrogen-bond donors (Lipinski definition) is 1. The molecule has 4 heteroatoms. The van der Waals surface area contributed by atoms with E-state index in [1.54, 1.807) is 0 Å². The van der Waals surface area contributed by atoms with Crippen LogP contribution >= 0.6 is 0 Å². The van der Waals surface area contributed by atoms with Crippen molar-refractivity contribution in [2.45, 2.75) is 37.6 Å². The summed E-state index contributed by atoms with van der Waals surface area (Å²) in [5.74, 6) is 0.209. The van der Waals surface area contributed by atoms with Crippen LogP contribution in [0.1, 0.15) is 31.7 Å². The van der Waals surface area contributed by atoms with Gasteiger partial charge in [0.25, 0.3) is 0 Å². The summed E-state index contributed by atoms with van der Waals surface area (Å²) in [6, 6.07) is 9.02. The van der Waals surface area contributed by atoms with Crippen molar-refractivity contribution >= 4 is 11.7 Å². The van der Waals surface area contributed by atoms with E-state index in [2.05, 4.69) is 47.5 Å². The van der Waals surface area contributed by atoms with Crippen LogP contribution in [-0.2, 0) is 14.9 Å². The molecule has 130 valence electrons. The maximum atomic E-state index is 12.6. The summed E-state index contributed by atoms with van der Waals surface area (Å²) in [4.78, 5) is 15.3. The van der Waals surface area contributed by atoms with E-state index in [1.807, 2.05) is 0 Å². The van der Waals surface area contributed by atoms with E-state index in [-0.39, 0.29) is 11.4 Å². The number of hydrogen-bond acceptors (Lipinski definition) is 4. The fraction of sp³-hybridized carbons (Fsp3) is 0.476. The molecular weight excluding hydrogens is 312 g/mol. The average Bonchev–Trinajstić information content (AvgIpc) is 3.20. The Morgan fingerprint density at radius 3 is 3.04 bits per heavy atom. The van der Waals surface area contributed by atoms with Gasteiger partial charge in [-0.1, -0.05) is 36.8 Å². The molecule has 0 saturated carbocycles. The monoisotopic (exact) mass is 336 g/mol. The highest BCUT2D eigenvalue weighted by Crippen LogP contribution is 2.60. The summed E-state index contributed by atoms with van der Waals surface area (Å²) in [7, 11) is 1.49. The summed E-state index contributed by atoms with van der Waals surface area (Å²) in [6.45, 7) is 4.39. The zero-order chi connectivity index (χ0) is 17.2. The van der Waals surface area contributed by atoms with Crippen LogP contribution in [0, 0.1) is 5.92 Å². The van der Waals surface area contributed by atoms with Gasteiger partial charge in [-0.2, -0.15) is 0 Å². The maximum absolute atomic E-state index is 12.6. The van der Waals surface area contributed by atoms with E-state index in [4.69, 9.17) is 4.74 Å². The molecule has 1 N–H and O–H groups in total. The van der Waals surface area contributed by atoms with Crippen molar-refractivity contribution in [1.29, 1.82) is 0 Å². The van der Waals surface area contributed by atoms with E-state index in [0.29, 0.717) is 12.0 Å². The van der Waals surface area contributed by atoms with Gasteiger partial charge in [0.2, 0.25) is 0 Å². The zero-order valence-electron chi connectivity index (χ0n) is 14.8. The van der Waals surface area contributed by atoms with Crippen LogP contribution in [0.2, 0.25) is 0 Å². The molecule has 1 aromatic carbocycles. The highest BCUT2D eigenvalue weighted by molar-refractivity contribution is 5.93. The molecule has 5 rings (SSSR count). The summed E-state index contributed by atoms with van der Waals surface area (Å²) in [5.41, 5.74) is 5.89. The van der Waals surface area contributed by atoms with Crippen molar-refractivity contribution in [3.63, 3.8) is 0 Å². The molecule has 3 heterocycles. The first-order chi connectivity index (χ1) is 12.2. The lowest BCUT2D eigenvalue weighted by Gasteiger charge is -2.47. The third-order valence-electron chi connectivity index (χ3n) is 6.69. The number of para-hydroxylation sites is 1. The molecule has 0 amide bonds. The molecule has 3 unspecified atom stereocenters. The van der Waals surface area contributed by atoms with E-state index in [0.717, 1.165) is 49.3 Å². The second kappa shape index (κ2) is 5.21. The minimum atomic E-state index is -0.177. The van der Waals surface area contributed by atoms with Gasteiger partial charge in [0.05, 0.1) is 18.1 Å². The molecule has 0 aromatic heterocycles. The number of methoxy groups -OCH3 is 1. The van der Waals surface area contributed by atoms with Crippen molar-refractivity contribution in [1.82, 2.24) is 4.90 Å². The van der Waals surface area contributed by atoms with Crippen molar-refractivity contribution in [3.05, 3.63) is 52.7 Å². The maximum Gasteiger partial charge on any atom is 0.335 e. The minimum absolute atomic E-state index is 0.0845. The number of carbonyl (C=O) groups excluding carboxylic acids is 1. The van der Waals surface area contributed by atoms with Gasteiger partial charge in [0, 0.05) is 30.5 Å². The molecule has 4 aliphatic rings. The van der Waals surface area contributed by atoms with E-state index in [9.17, 15) is 4.79 Å². The van der Waals surface area contributed by atoms with Crippen molar-refractivity contribution in [2.75, 3.05) is 25.5 Å². The second-order valence-corrected chi connectivity index (χ2v) is 7.70. The minimum Gasteiger partial charge on any atom is -0.466 e. The summed E-state index contributed by atoms with van der Waals surface area (Å²) in [5, 5.41) is 3.61. The Kier molecular flexibility index (Phi) is 3.17. The molecule has 3 aliphatic heterocycles. The molecule has 25 heavy (non-hydrogen) atoms. The van der Waals surface area contributed by atoms with Gasteiger partial charge >= 0.3 is 5.97 Å². The molecule has 1 aliphatic carbocycles. The Balaban J connectivity index is 1.76. The van der Waals surface area contributed by atoms with Crippen LogP contribution in [0.3, 0.4) is 0 Å². The van der Waals surface area contributed by atoms with Crippen LogP contribution < -0.4 is 5.32 Å². The molecular formula is C21H24N2O2. The smallest absolute Gasteiger partial charge is 0.335 e. The van der Waals surface area contributed by atoms with Gasteiger partial charge in [0.15, 0.2) is 0 Å². The molecule has 1 saturated heterocycles. The first kappa shape index (κ1) is 15.2. The van der Waals surface area contributed by atoms with Crippen LogP contribution in [-0.4, -0.2) is 37.1 Å². The van der Waals surface area contributed by atoms with E-state index in [1.165, 1.54) is 18.2 Å². The van der Waals surface area contributed by atoms with Gasteiger partial charge in [-0.25, -0.2) is 4.79 Å². The predicted octanol–water partition coefficient (Wildman–Crippen LogP) is 3.22. The van der Waals surface area contributed by atoms with Crippen LogP contribution in [0.25, 0.3) is 0 Å². The van der Waals surface area contributed by atoms with Crippen molar-refractivity contribution < 1.29 is 9.53 Å². The Morgan fingerprint density at radius 2 is 2.24 bits per heavy atom. The van der Waals surface area contributed by atoms with Gasteiger partial charge in [-0.15, -0.1) is 0 Å². The average molecular weight is 336 g/mol.